The molecule has 7 nitrogen and oxygen atoms in total. The molecule has 2 aliphatic rings. The third-order valence-electron chi connectivity index (χ3n) is 7.08. The maximum atomic E-state index is 13.9. The van der Waals surface area contributed by atoms with Crippen molar-refractivity contribution in [3.05, 3.63) is 41.6 Å². The summed E-state index contributed by atoms with van der Waals surface area (Å²) in [5.74, 6) is 0.259. The Morgan fingerprint density at radius 1 is 0.842 bits per heavy atom. The van der Waals surface area contributed by atoms with Gasteiger partial charge in [0.05, 0.1) is 22.2 Å². The molecule has 2 fully saturated rings. The van der Waals surface area contributed by atoms with Crippen molar-refractivity contribution in [2.75, 3.05) is 67.5 Å². The van der Waals surface area contributed by atoms with Crippen LogP contribution in [0.2, 0.25) is 0 Å². The zero-order valence-electron chi connectivity index (χ0n) is 20.7. The van der Waals surface area contributed by atoms with Crippen LogP contribution in [0.1, 0.15) is 30.4 Å². The molecule has 5 rings (SSSR count). The van der Waals surface area contributed by atoms with E-state index >= 15 is 0 Å². The van der Waals surface area contributed by atoms with Crippen molar-refractivity contribution in [3.8, 4) is 0 Å². The van der Waals surface area contributed by atoms with E-state index in [0.29, 0.717) is 37.6 Å². The van der Waals surface area contributed by atoms with E-state index in [2.05, 4.69) is 25.2 Å². The quantitative estimate of drug-likeness (QED) is 0.418. The molecule has 38 heavy (non-hydrogen) atoms. The predicted octanol–water partition coefficient (Wildman–Crippen LogP) is 5.22. The lowest BCUT2D eigenvalue weighted by atomic mass is 10.1. The highest BCUT2D eigenvalue weighted by Crippen LogP contribution is 2.38. The second kappa shape index (κ2) is 10.5. The van der Waals surface area contributed by atoms with E-state index in [9.17, 15) is 26.3 Å². The third kappa shape index (κ3) is 5.77. The maximum absolute atomic E-state index is 13.9. The second-order valence-electron chi connectivity index (χ2n) is 9.65. The summed E-state index contributed by atoms with van der Waals surface area (Å²) >= 11 is 0. The van der Waals surface area contributed by atoms with Crippen LogP contribution in [-0.2, 0) is 12.4 Å². The number of rotatable bonds is 6. The van der Waals surface area contributed by atoms with Crippen LogP contribution in [0.4, 0.5) is 43.8 Å². The summed E-state index contributed by atoms with van der Waals surface area (Å²) in [4.78, 5) is 17.1. The first-order valence-corrected chi connectivity index (χ1v) is 12.7. The molecule has 3 aromatic rings. The van der Waals surface area contributed by atoms with Crippen molar-refractivity contribution in [1.29, 1.82) is 0 Å². The Kier molecular flexibility index (Phi) is 7.30. The average molecular weight is 542 g/mol. The van der Waals surface area contributed by atoms with Gasteiger partial charge in [-0.15, -0.1) is 0 Å². The van der Waals surface area contributed by atoms with Crippen LogP contribution in [0.5, 0.6) is 0 Å². The molecular weight excluding hydrogens is 512 g/mol. The van der Waals surface area contributed by atoms with Crippen LogP contribution in [0.25, 0.3) is 11.0 Å². The van der Waals surface area contributed by atoms with Crippen molar-refractivity contribution < 1.29 is 26.3 Å². The number of aromatic amines is 1. The van der Waals surface area contributed by atoms with Crippen LogP contribution in [0.15, 0.2) is 30.5 Å². The molecule has 0 amide bonds. The Morgan fingerprint density at radius 3 is 2.21 bits per heavy atom. The average Bonchev–Trinajstić information content (AvgIpc) is 3.31. The van der Waals surface area contributed by atoms with E-state index in [1.807, 2.05) is 4.90 Å². The number of fused-ring (bicyclic) bond motifs is 1. The molecule has 2 aliphatic heterocycles. The van der Waals surface area contributed by atoms with Gasteiger partial charge in [0.25, 0.3) is 0 Å². The minimum Gasteiger partial charge on any atom is -0.383 e. The van der Waals surface area contributed by atoms with Gasteiger partial charge < -0.3 is 25.0 Å². The fourth-order valence-corrected chi connectivity index (χ4v) is 5.11. The van der Waals surface area contributed by atoms with Gasteiger partial charge in [0.15, 0.2) is 0 Å². The number of piperazine rings is 1. The first kappa shape index (κ1) is 26.4. The topological polar surface area (TPSA) is 63.3 Å². The van der Waals surface area contributed by atoms with Gasteiger partial charge in [0.1, 0.15) is 5.82 Å². The zero-order valence-corrected chi connectivity index (χ0v) is 20.7. The standard InChI is InChI=1S/C25H29F6N7/c26-24(27,28)17-5-4-6-33-22(17)37-11-13-38(14-12-37)23-34-20-15-18(25(29,30)31)19(16-21(20)35-23)32-7-10-36-8-2-1-3-9-36/h4-6,15-16,32H,1-3,7-14H2,(H,34,35). The van der Waals surface area contributed by atoms with Crippen molar-refractivity contribution in [3.63, 3.8) is 0 Å². The molecule has 0 aliphatic carbocycles. The number of likely N-dealkylation sites (tertiary alicyclic amines) is 1. The number of piperidine rings is 1. The van der Waals surface area contributed by atoms with Crippen molar-refractivity contribution >= 4 is 28.5 Å². The summed E-state index contributed by atoms with van der Waals surface area (Å²) in [7, 11) is 0. The van der Waals surface area contributed by atoms with Gasteiger partial charge in [-0.3, -0.25) is 0 Å². The number of nitrogens with zero attached hydrogens (tertiary/aromatic N) is 5. The Bertz CT molecular complexity index is 1240. The number of benzene rings is 1. The summed E-state index contributed by atoms with van der Waals surface area (Å²) < 4.78 is 81.8. The molecule has 0 bridgehead atoms. The molecule has 0 radical (unpaired) electrons. The van der Waals surface area contributed by atoms with E-state index < -0.39 is 23.5 Å². The number of nitrogens with one attached hydrogen (secondary N) is 2. The highest BCUT2D eigenvalue weighted by molar-refractivity contribution is 5.83. The van der Waals surface area contributed by atoms with Gasteiger partial charge in [0, 0.05) is 51.2 Å². The van der Waals surface area contributed by atoms with Crippen molar-refractivity contribution in [2.45, 2.75) is 31.6 Å². The Morgan fingerprint density at radius 2 is 1.53 bits per heavy atom. The largest absolute Gasteiger partial charge is 0.419 e. The van der Waals surface area contributed by atoms with Gasteiger partial charge in [-0.05, 0) is 50.2 Å². The fourth-order valence-electron chi connectivity index (χ4n) is 5.11. The summed E-state index contributed by atoms with van der Waals surface area (Å²) in [6.45, 7) is 4.16. The summed E-state index contributed by atoms with van der Waals surface area (Å²) in [5, 5.41) is 2.95. The van der Waals surface area contributed by atoms with Crippen LogP contribution in [-0.4, -0.2) is 72.2 Å². The first-order chi connectivity index (χ1) is 18.1. The molecular formula is C25H29F6N7. The lowest BCUT2D eigenvalue weighted by Crippen LogP contribution is -2.47. The highest BCUT2D eigenvalue weighted by atomic mass is 19.4. The number of anilines is 3. The predicted molar refractivity (Wildman–Crippen MR) is 134 cm³/mol. The number of aromatic nitrogens is 3. The van der Waals surface area contributed by atoms with Gasteiger partial charge in [0.2, 0.25) is 5.95 Å². The normalized spacial score (nSPS) is 17.8. The Labute approximate surface area is 215 Å². The second-order valence-corrected chi connectivity index (χ2v) is 9.65. The van der Waals surface area contributed by atoms with Crippen molar-refractivity contribution in [1.82, 2.24) is 19.9 Å². The lowest BCUT2D eigenvalue weighted by molar-refractivity contribution is -0.138. The minimum atomic E-state index is -4.54. The van der Waals surface area contributed by atoms with Crippen LogP contribution < -0.4 is 15.1 Å². The number of alkyl halides is 6. The van der Waals surface area contributed by atoms with E-state index in [4.69, 9.17) is 0 Å². The number of pyridine rings is 1. The van der Waals surface area contributed by atoms with Crippen LogP contribution in [0, 0.1) is 0 Å². The molecule has 2 saturated heterocycles. The van der Waals surface area contributed by atoms with Gasteiger partial charge in [-0.25, -0.2) is 9.97 Å². The minimum absolute atomic E-state index is 0.0142. The molecule has 13 heteroatoms. The number of H-pyrrole nitrogens is 1. The summed E-state index contributed by atoms with van der Waals surface area (Å²) in [6, 6.07) is 4.73. The van der Waals surface area contributed by atoms with E-state index in [1.165, 1.54) is 24.8 Å². The van der Waals surface area contributed by atoms with Gasteiger partial charge in [-0.2, -0.15) is 26.3 Å². The van der Waals surface area contributed by atoms with Crippen LogP contribution in [0.3, 0.4) is 0 Å². The Balaban J connectivity index is 1.30. The van der Waals surface area contributed by atoms with Crippen molar-refractivity contribution in [2.24, 2.45) is 0 Å². The maximum Gasteiger partial charge on any atom is 0.419 e. The number of halogens is 6. The molecule has 0 unspecified atom stereocenters. The highest BCUT2D eigenvalue weighted by Gasteiger charge is 2.37. The monoisotopic (exact) mass is 541 g/mol. The SMILES string of the molecule is FC(F)(F)c1cc2[nH]c(N3CCN(c4ncccc4C(F)(F)F)CC3)nc2cc1NCCN1CCCCC1. The molecule has 2 aromatic heterocycles. The molecule has 206 valence electrons. The van der Waals surface area contributed by atoms with E-state index in [-0.39, 0.29) is 30.1 Å². The molecule has 4 heterocycles. The molecule has 0 saturated carbocycles. The lowest BCUT2D eigenvalue weighted by Gasteiger charge is -2.36. The van der Waals surface area contributed by atoms with Gasteiger partial charge in [-0.1, -0.05) is 6.42 Å². The molecule has 0 atom stereocenters. The molecule has 0 spiro atoms. The Hall–Kier alpha value is -3.22. The zero-order chi connectivity index (χ0) is 26.9. The van der Waals surface area contributed by atoms with Gasteiger partial charge >= 0.3 is 12.4 Å². The van der Waals surface area contributed by atoms with Crippen LogP contribution >= 0.6 is 0 Å². The summed E-state index contributed by atoms with van der Waals surface area (Å²) in [5.41, 5.74) is -0.934. The molecule has 1 aromatic carbocycles. The number of hydrogen-bond acceptors (Lipinski definition) is 6. The fraction of sp³-hybridized carbons (Fsp3) is 0.520. The summed E-state index contributed by atoms with van der Waals surface area (Å²) in [6.07, 6.45) is -4.34. The van der Waals surface area contributed by atoms with E-state index in [0.717, 1.165) is 38.1 Å². The first-order valence-electron chi connectivity index (χ1n) is 12.7. The number of hydrogen-bond donors (Lipinski definition) is 2. The van der Waals surface area contributed by atoms with E-state index in [1.54, 1.807) is 4.90 Å². The smallest absolute Gasteiger partial charge is 0.383 e. The third-order valence-corrected chi connectivity index (χ3v) is 7.08. The molecule has 2 N–H and O–H groups in total. The number of imidazole rings is 1.